The van der Waals surface area contributed by atoms with E-state index in [-0.39, 0.29) is 4.90 Å². The van der Waals surface area contributed by atoms with Gasteiger partial charge < -0.3 is 15.8 Å². The zero-order chi connectivity index (χ0) is 13.9. The van der Waals surface area contributed by atoms with E-state index in [2.05, 4.69) is 5.32 Å². The van der Waals surface area contributed by atoms with Crippen LogP contribution in [0.25, 0.3) is 0 Å². The maximum Gasteiger partial charge on any atom is 0.238 e. The van der Waals surface area contributed by atoms with Crippen LogP contribution in [0.5, 0.6) is 0 Å². The van der Waals surface area contributed by atoms with Gasteiger partial charge in [0, 0.05) is 31.1 Å². The number of benzene rings is 1. The van der Waals surface area contributed by atoms with Gasteiger partial charge in [-0.15, -0.1) is 0 Å². The molecule has 1 heterocycles. The summed E-state index contributed by atoms with van der Waals surface area (Å²) in [6, 6.07) is 4.56. The fourth-order valence-electron chi connectivity index (χ4n) is 2.10. The largest absolute Gasteiger partial charge is 0.399 e. The molecule has 1 aromatic carbocycles. The third-order valence-corrected chi connectivity index (χ3v) is 4.09. The fourth-order valence-corrected chi connectivity index (χ4v) is 2.69. The van der Waals surface area contributed by atoms with Crippen molar-refractivity contribution in [3.05, 3.63) is 18.2 Å². The van der Waals surface area contributed by atoms with Crippen LogP contribution in [0.3, 0.4) is 0 Å². The van der Waals surface area contributed by atoms with Crippen LogP contribution in [0, 0.1) is 5.92 Å². The summed E-state index contributed by atoms with van der Waals surface area (Å²) in [4.78, 5) is 0.0296. The molecule has 1 fully saturated rings. The number of anilines is 2. The lowest BCUT2D eigenvalue weighted by Gasteiger charge is -2.22. The molecule has 19 heavy (non-hydrogen) atoms. The van der Waals surface area contributed by atoms with Crippen LogP contribution in [-0.2, 0) is 14.8 Å². The monoisotopic (exact) mass is 285 g/mol. The predicted molar refractivity (Wildman–Crippen MR) is 74.3 cm³/mol. The van der Waals surface area contributed by atoms with Crippen LogP contribution >= 0.6 is 0 Å². The Labute approximate surface area is 113 Å². The summed E-state index contributed by atoms with van der Waals surface area (Å²) in [5.41, 5.74) is 6.74. The molecule has 0 bridgehead atoms. The Morgan fingerprint density at radius 2 is 1.95 bits per heavy atom. The van der Waals surface area contributed by atoms with Crippen LogP contribution in [0.4, 0.5) is 11.4 Å². The molecule has 1 aliphatic rings. The van der Waals surface area contributed by atoms with E-state index in [0.29, 0.717) is 17.3 Å². The van der Waals surface area contributed by atoms with Crippen LogP contribution in [0.15, 0.2) is 23.1 Å². The number of nitrogens with two attached hydrogens (primary N) is 2. The second-order valence-corrected chi connectivity index (χ2v) is 6.33. The van der Waals surface area contributed by atoms with E-state index < -0.39 is 10.0 Å². The van der Waals surface area contributed by atoms with E-state index in [1.54, 1.807) is 6.07 Å². The Balaban J connectivity index is 2.05. The van der Waals surface area contributed by atoms with Crippen molar-refractivity contribution in [2.45, 2.75) is 17.7 Å². The van der Waals surface area contributed by atoms with Crippen molar-refractivity contribution in [3.8, 4) is 0 Å². The van der Waals surface area contributed by atoms with Gasteiger partial charge in [0.25, 0.3) is 0 Å². The summed E-state index contributed by atoms with van der Waals surface area (Å²) < 4.78 is 27.9. The molecular weight excluding hydrogens is 266 g/mol. The molecule has 0 saturated carbocycles. The molecule has 1 aliphatic heterocycles. The van der Waals surface area contributed by atoms with E-state index in [1.165, 1.54) is 12.1 Å². The first-order valence-electron chi connectivity index (χ1n) is 6.20. The van der Waals surface area contributed by atoms with Crippen molar-refractivity contribution >= 4 is 21.4 Å². The van der Waals surface area contributed by atoms with E-state index in [4.69, 9.17) is 15.6 Å². The maximum absolute atomic E-state index is 11.3. The van der Waals surface area contributed by atoms with E-state index in [9.17, 15) is 8.42 Å². The van der Waals surface area contributed by atoms with Crippen molar-refractivity contribution in [2.24, 2.45) is 11.1 Å². The summed E-state index contributed by atoms with van der Waals surface area (Å²) in [6.45, 7) is 2.34. The lowest BCUT2D eigenvalue weighted by Crippen LogP contribution is -2.22. The molecule has 0 unspecified atom stereocenters. The summed E-state index contributed by atoms with van der Waals surface area (Å²) in [5.74, 6) is 0.535. The summed E-state index contributed by atoms with van der Waals surface area (Å²) in [6.07, 6.45) is 2.02. The molecule has 0 spiro atoms. The first-order valence-corrected chi connectivity index (χ1v) is 7.75. The Morgan fingerprint density at radius 1 is 1.26 bits per heavy atom. The van der Waals surface area contributed by atoms with Gasteiger partial charge >= 0.3 is 0 Å². The highest BCUT2D eigenvalue weighted by atomic mass is 32.2. The second kappa shape index (κ2) is 5.77. The van der Waals surface area contributed by atoms with Crippen LogP contribution in [-0.4, -0.2) is 28.2 Å². The number of primary sulfonamides is 1. The fraction of sp³-hybridized carbons (Fsp3) is 0.500. The molecule has 106 valence electrons. The number of hydrogen-bond acceptors (Lipinski definition) is 5. The number of rotatable bonds is 4. The standard InChI is InChI=1S/C12H19N3O3S/c13-10-5-11(7-12(6-10)19(14,16)17)15-8-9-1-3-18-4-2-9/h5-7,9,15H,1-4,8,13H2,(H2,14,16,17). The lowest BCUT2D eigenvalue weighted by atomic mass is 10.0. The first kappa shape index (κ1) is 14.1. The highest BCUT2D eigenvalue weighted by Gasteiger charge is 2.14. The Kier molecular flexibility index (Phi) is 4.28. The number of nitrogens with one attached hydrogen (secondary N) is 1. The molecule has 0 aliphatic carbocycles. The normalized spacial score (nSPS) is 17.3. The molecule has 7 heteroatoms. The van der Waals surface area contributed by atoms with E-state index in [0.717, 1.165) is 32.6 Å². The minimum absolute atomic E-state index is 0.0296. The Bertz CT molecular complexity index is 539. The average molecular weight is 285 g/mol. The molecular formula is C12H19N3O3S. The van der Waals surface area contributed by atoms with Crippen molar-refractivity contribution in [1.29, 1.82) is 0 Å². The van der Waals surface area contributed by atoms with Gasteiger partial charge in [0.15, 0.2) is 0 Å². The molecule has 0 radical (unpaired) electrons. The minimum Gasteiger partial charge on any atom is -0.399 e. The molecule has 1 saturated heterocycles. The average Bonchev–Trinajstić information content (AvgIpc) is 2.36. The third-order valence-electron chi connectivity index (χ3n) is 3.19. The van der Waals surface area contributed by atoms with Crippen LogP contribution < -0.4 is 16.2 Å². The van der Waals surface area contributed by atoms with Gasteiger partial charge in [0.1, 0.15) is 0 Å². The number of nitrogen functional groups attached to an aromatic ring is 1. The van der Waals surface area contributed by atoms with Crippen molar-refractivity contribution < 1.29 is 13.2 Å². The summed E-state index contributed by atoms with van der Waals surface area (Å²) >= 11 is 0. The van der Waals surface area contributed by atoms with E-state index >= 15 is 0 Å². The van der Waals surface area contributed by atoms with Gasteiger partial charge in [-0.2, -0.15) is 0 Å². The summed E-state index contributed by atoms with van der Waals surface area (Å²) in [7, 11) is -3.73. The molecule has 0 atom stereocenters. The molecule has 5 N–H and O–H groups in total. The quantitative estimate of drug-likeness (QED) is 0.708. The third kappa shape index (κ3) is 4.09. The van der Waals surface area contributed by atoms with Gasteiger partial charge in [0.2, 0.25) is 10.0 Å². The Morgan fingerprint density at radius 3 is 2.58 bits per heavy atom. The second-order valence-electron chi connectivity index (χ2n) is 4.77. The SMILES string of the molecule is Nc1cc(NCC2CCOCC2)cc(S(N)(=O)=O)c1. The van der Waals surface area contributed by atoms with Gasteiger partial charge in [-0.25, -0.2) is 13.6 Å². The zero-order valence-corrected chi connectivity index (χ0v) is 11.4. The molecule has 6 nitrogen and oxygen atoms in total. The highest BCUT2D eigenvalue weighted by molar-refractivity contribution is 7.89. The van der Waals surface area contributed by atoms with Crippen LogP contribution in [0.1, 0.15) is 12.8 Å². The Hall–Kier alpha value is -1.31. The topological polar surface area (TPSA) is 107 Å². The highest BCUT2D eigenvalue weighted by Crippen LogP contribution is 2.21. The van der Waals surface area contributed by atoms with Gasteiger partial charge in [-0.3, -0.25) is 0 Å². The molecule has 0 aromatic heterocycles. The van der Waals surface area contributed by atoms with Gasteiger partial charge in [0.05, 0.1) is 4.90 Å². The molecule has 1 aromatic rings. The smallest absolute Gasteiger partial charge is 0.238 e. The zero-order valence-electron chi connectivity index (χ0n) is 10.6. The van der Waals surface area contributed by atoms with Gasteiger partial charge in [-0.05, 0) is 37.0 Å². The maximum atomic E-state index is 11.3. The number of sulfonamides is 1. The first-order chi connectivity index (χ1) is 8.95. The summed E-state index contributed by atoms with van der Waals surface area (Å²) in [5, 5.41) is 8.32. The predicted octanol–water partition coefficient (Wildman–Crippen LogP) is 0.755. The van der Waals surface area contributed by atoms with Crippen molar-refractivity contribution in [3.63, 3.8) is 0 Å². The number of hydrogen-bond donors (Lipinski definition) is 3. The molecule has 0 amide bonds. The van der Waals surface area contributed by atoms with E-state index in [1.807, 2.05) is 0 Å². The van der Waals surface area contributed by atoms with Crippen molar-refractivity contribution in [2.75, 3.05) is 30.8 Å². The minimum atomic E-state index is -3.73. The lowest BCUT2D eigenvalue weighted by molar-refractivity contribution is 0.0699. The van der Waals surface area contributed by atoms with Crippen molar-refractivity contribution in [1.82, 2.24) is 0 Å². The van der Waals surface area contributed by atoms with Gasteiger partial charge in [-0.1, -0.05) is 0 Å². The molecule has 2 rings (SSSR count). The number of ether oxygens (including phenoxy) is 1. The van der Waals surface area contributed by atoms with Crippen LogP contribution in [0.2, 0.25) is 0 Å².